The van der Waals surface area contributed by atoms with Crippen molar-refractivity contribution in [1.29, 1.82) is 0 Å². The van der Waals surface area contributed by atoms with Gasteiger partial charge in [-0.25, -0.2) is 4.79 Å². The second-order valence-electron chi connectivity index (χ2n) is 4.66. The summed E-state index contributed by atoms with van der Waals surface area (Å²) in [5, 5.41) is 0. The molecule has 0 radical (unpaired) electrons. The normalized spacial score (nSPS) is 12.0. The molecule has 0 unspecified atom stereocenters. The van der Waals surface area contributed by atoms with Crippen molar-refractivity contribution in [3.63, 3.8) is 0 Å². The summed E-state index contributed by atoms with van der Waals surface area (Å²) in [4.78, 5) is 26.0. The minimum atomic E-state index is -4.44. The number of aromatic amines is 1. The highest BCUT2D eigenvalue weighted by atomic mass is 32.2. The summed E-state index contributed by atoms with van der Waals surface area (Å²) < 4.78 is 43.4. The number of carbonyl (C=O) groups is 1. The van der Waals surface area contributed by atoms with Crippen LogP contribution in [0.3, 0.4) is 0 Å². The zero-order valence-electron chi connectivity index (χ0n) is 11.6. The summed E-state index contributed by atoms with van der Waals surface area (Å²) in [6, 6.07) is 5.60. The molecular weight excluding hydrogens is 333 g/mol. The number of carbonyl (C=O) groups excluding carboxylic acids is 1. The molecule has 1 N–H and O–H groups in total. The van der Waals surface area contributed by atoms with Crippen LogP contribution < -0.4 is 5.56 Å². The van der Waals surface area contributed by atoms with Crippen molar-refractivity contribution < 1.29 is 22.7 Å². The maximum atomic E-state index is 12.5. The minimum absolute atomic E-state index is 0.0902. The number of halogens is 3. The van der Waals surface area contributed by atoms with Gasteiger partial charge in [-0.05, 0) is 36.0 Å². The Morgan fingerprint density at radius 3 is 2.65 bits per heavy atom. The molecule has 0 saturated heterocycles. The van der Waals surface area contributed by atoms with Gasteiger partial charge in [-0.3, -0.25) is 4.79 Å². The number of alkyl halides is 3. The van der Waals surface area contributed by atoms with Crippen LogP contribution in [0.1, 0.15) is 10.4 Å². The van der Waals surface area contributed by atoms with Gasteiger partial charge >= 0.3 is 11.5 Å². The molecule has 120 valence electrons. The van der Waals surface area contributed by atoms with Crippen LogP contribution in [0.25, 0.3) is 16.6 Å². The Labute approximate surface area is 131 Å². The monoisotopic (exact) mass is 342 g/mol. The fraction of sp³-hybridized carbons (Fsp3) is 0.143. The van der Waals surface area contributed by atoms with Gasteiger partial charge in [0.25, 0.3) is 5.56 Å². The van der Waals surface area contributed by atoms with Gasteiger partial charge in [0.15, 0.2) is 0 Å². The van der Waals surface area contributed by atoms with E-state index in [0.717, 1.165) is 0 Å². The average Bonchev–Trinajstić information content (AvgIpc) is 2.88. The average molecular weight is 342 g/mol. The first-order chi connectivity index (χ1) is 10.8. The fourth-order valence-electron chi connectivity index (χ4n) is 2.28. The van der Waals surface area contributed by atoms with Crippen LogP contribution in [0.15, 0.2) is 40.2 Å². The SMILES string of the molecule is COC(=O)c1ccc2c(c1)[nH]c(=O)c1cc(SC(F)(F)F)cn12. The highest BCUT2D eigenvalue weighted by molar-refractivity contribution is 8.00. The number of thioether (sulfide) groups is 1. The molecule has 0 atom stereocenters. The Hall–Kier alpha value is -2.42. The molecule has 0 aliphatic heterocycles. The lowest BCUT2D eigenvalue weighted by Crippen LogP contribution is -2.10. The van der Waals surface area contributed by atoms with E-state index in [2.05, 4.69) is 9.72 Å². The van der Waals surface area contributed by atoms with Crippen LogP contribution >= 0.6 is 11.8 Å². The summed E-state index contributed by atoms with van der Waals surface area (Å²) in [5.41, 5.74) is -3.87. The third kappa shape index (κ3) is 2.91. The zero-order chi connectivity index (χ0) is 16.8. The van der Waals surface area contributed by atoms with Crippen LogP contribution in [0, 0.1) is 0 Å². The topological polar surface area (TPSA) is 63.6 Å². The molecule has 5 nitrogen and oxygen atoms in total. The van der Waals surface area contributed by atoms with Gasteiger partial charge in [0.2, 0.25) is 0 Å². The van der Waals surface area contributed by atoms with E-state index in [9.17, 15) is 22.8 Å². The Kier molecular flexibility index (Phi) is 3.59. The number of H-pyrrole nitrogens is 1. The predicted octanol–water partition coefficient (Wildman–Crippen LogP) is 3.18. The largest absolute Gasteiger partial charge is 0.465 e. The molecule has 0 aliphatic carbocycles. The number of benzene rings is 1. The number of methoxy groups -OCH3 is 1. The molecule has 0 amide bonds. The van der Waals surface area contributed by atoms with E-state index in [1.54, 1.807) is 0 Å². The van der Waals surface area contributed by atoms with Gasteiger partial charge in [0.05, 0.1) is 23.7 Å². The van der Waals surface area contributed by atoms with E-state index < -0.39 is 17.0 Å². The van der Waals surface area contributed by atoms with Crippen LogP contribution in [-0.2, 0) is 4.74 Å². The van der Waals surface area contributed by atoms with Crippen molar-refractivity contribution in [2.24, 2.45) is 0 Å². The first-order valence-corrected chi connectivity index (χ1v) is 7.12. The van der Waals surface area contributed by atoms with E-state index >= 15 is 0 Å². The summed E-state index contributed by atoms with van der Waals surface area (Å²) in [5.74, 6) is -0.575. The summed E-state index contributed by atoms with van der Waals surface area (Å²) in [6.45, 7) is 0. The number of nitrogens with one attached hydrogen (secondary N) is 1. The molecule has 2 heterocycles. The third-order valence-electron chi connectivity index (χ3n) is 3.19. The second-order valence-corrected chi connectivity index (χ2v) is 5.79. The molecule has 0 aliphatic rings. The zero-order valence-corrected chi connectivity index (χ0v) is 12.4. The molecule has 9 heteroatoms. The van der Waals surface area contributed by atoms with E-state index in [-0.39, 0.29) is 27.7 Å². The Bertz CT molecular complexity index is 975. The maximum absolute atomic E-state index is 12.5. The summed E-state index contributed by atoms with van der Waals surface area (Å²) in [7, 11) is 1.23. The molecule has 0 saturated carbocycles. The first kappa shape index (κ1) is 15.5. The van der Waals surface area contributed by atoms with Gasteiger partial charge in [-0.15, -0.1) is 0 Å². The van der Waals surface area contributed by atoms with Gasteiger partial charge < -0.3 is 14.1 Å². The molecule has 23 heavy (non-hydrogen) atoms. The summed E-state index contributed by atoms with van der Waals surface area (Å²) in [6.07, 6.45) is 1.24. The van der Waals surface area contributed by atoms with Gasteiger partial charge in [-0.2, -0.15) is 13.2 Å². The van der Waals surface area contributed by atoms with Crippen molar-refractivity contribution in [1.82, 2.24) is 9.38 Å². The smallest absolute Gasteiger partial charge is 0.446 e. The number of hydrogen-bond acceptors (Lipinski definition) is 4. The lowest BCUT2D eigenvalue weighted by Gasteiger charge is -2.05. The first-order valence-electron chi connectivity index (χ1n) is 6.31. The highest BCUT2D eigenvalue weighted by Crippen LogP contribution is 2.37. The number of fused-ring (bicyclic) bond motifs is 3. The van der Waals surface area contributed by atoms with Crippen molar-refractivity contribution >= 4 is 34.3 Å². The van der Waals surface area contributed by atoms with Crippen molar-refractivity contribution in [3.05, 3.63) is 46.4 Å². The molecule has 0 fully saturated rings. The van der Waals surface area contributed by atoms with E-state index in [0.29, 0.717) is 11.0 Å². The third-order valence-corrected chi connectivity index (χ3v) is 3.88. The van der Waals surface area contributed by atoms with Crippen molar-refractivity contribution in [2.45, 2.75) is 10.4 Å². The molecule has 1 aromatic carbocycles. The number of aromatic nitrogens is 2. The predicted molar refractivity (Wildman–Crippen MR) is 78.8 cm³/mol. The summed E-state index contributed by atoms with van der Waals surface area (Å²) >= 11 is -0.292. The van der Waals surface area contributed by atoms with Crippen molar-refractivity contribution in [3.8, 4) is 0 Å². The molecule has 0 bridgehead atoms. The molecule has 0 spiro atoms. The van der Waals surface area contributed by atoms with Gasteiger partial charge in [0.1, 0.15) is 5.52 Å². The van der Waals surface area contributed by atoms with Gasteiger partial charge in [0, 0.05) is 11.1 Å². The lowest BCUT2D eigenvalue weighted by molar-refractivity contribution is -0.0328. The molecule has 3 rings (SSSR count). The Morgan fingerprint density at radius 2 is 2.00 bits per heavy atom. The van der Waals surface area contributed by atoms with Crippen LogP contribution in [0.5, 0.6) is 0 Å². The standard InChI is InChI=1S/C14H9F3N2O3S/c1-22-13(21)7-2-3-10-9(4-7)18-12(20)11-5-8(6-19(10)11)23-14(15,16)17/h2-6H,1H3,(H,18,20). The van der Waals surface area contributed by atoms with Gasteiger partial charge in [-0.1, -0.05) is 0 Å². The number of ether oxygens (including phenoxy) is 1. The van der Waals surface area contributed by atoms with E-state index in [4.69, 9.17) is 0 Å². The number of rotatable bonds is 2. The number of nitrogens with zero attached hydrogens (tertiary/aromatic N) is 1. The quantitative estimate of drug-likeness (QED) is 0.574. The fourth-order valence-corrected chi connectivity index (χ4v) is 2.88. The van der Waals surface area contributed by atoms with Crippen LogP contribution in [-0.4, -0.2) is 28.0 Å². The number of hydrogen-bond donors (Lipinski definition) is 1. The Morgan fingerprint density at radius 1 is 1.26 bits per heavy atom. The van der Waals surface area contributed by atoms with Crippen LogP contribution in [0.2, 0.25) is 0 Å². The van der Waals surface area contributed by atoms with Crippen molar-refractivity contribution in [2.75, 3.05) is 7.11 Å². The second kappa shape index (κ2) is 5.34. The molecule has 3 aromatic rings. The molecular formula is C14H9F3N2O3S. The highest BCUT2D eigenvalue weighted by Gasteiger charge is 2.30. The number of esters is 1. The lowest BCUT2D eigenvalue weighted by atomic mass is 10.2. The van der Waals surface area contributed by atoms with Crippen LogP contribution in [0.4, 0.5) is 13.2 Å². The molecule has 2 aromatic heterocycles. The Balaban J connectivity index is 2.22. The minimum Gasteiger partial charge on any atom is -0.465 e. The maximum Gasteiger partial charge on any atom is 0.446 e. The van der Waals surface area contributed by atoms with E-state index in [1.807, 2.05) is 0 Å². The van der Waals surface area contributed by atoms with E-state index in [1.165, 1.54) is 42.0 Å².